The molecule has 0 saturated heterocycles. The first-order valence-electron chi connectivity index (χ1n) is 16.2. The van der Waals surface area contributed by atoms with Crippen LogP contribution in [-0.4, -0.2) is 33.6 Å². The van der Waals surface area contributed by atoms with Crippen LogP contribution in [-0.2, 0) is 0 Å². The topological polar surface area (TPSA) is 60.7 Å². The van der Waals surface area contributed by atoms with Crippen molar-refractivity contribution in [1.29, 1.82) is 0 Å². The molecular formula is C40H60O3. The van der Waals surface area contributed by atoms with Crippen LogP contribution in [0.1, 0.15) is 88.5 Å². The number of aliphatic hydroxyl groups excluding tert-OH is 3. The maximum atomic E-state index is 10.3. The molecule has 0 aromatic carbocycles. The van der Waals surface area contributed by atoms with Crippen LogP contribution in [0.4, 0.5) is 0 Å². The Kier molecular flexibility index (Phi) is 14.2. The molecule has 7 unspecified atom stereocenters. The third-order valence-electron chi connectivity index (χ3n) is 9.70. The lowest BCUT2D eigenvalue weighted by atomic mass is 9.62. The van der Waals surface area contributed by atoms with E-state index in [-0.39, 0.29) is 34.7 Å². The number of hydrogen-bond donors (Lipinski definition) is 3. The Labute approximate surface area is 263 Å². The summed E-state index contributed by atoms with van der Waals surface area (Å²) in [6.45, 7) is 21.6. The first-order chi connectivity index (χ1) is 20.0. The Hall–Kier alpha value is -2.46. The molecular weight excluding hydrogens is 528 g/mol. The van der Waals surface area contributed by atoms with Crippen LogP contribution in [0.15, 0.2) is 107 Å². The molecule has 0 radical (unpaired) electrons. The van der Waals surface area contributed by atoms with Crippen LogP contribution in [0.5, 0.6) is 0 Å². The van der Waals surface area contributed by atoms with Crippen LogP contribution in [0.3, 0.4) is 0 Å². The zero-order valence-corrected chi connectivity index (χ0v) is 28.6. The van der Waals surface area contributed by atoms with Gasteiger partial charge in [0, 0.05) is 0 Å². The molecule has 2 saturated carbocycles. The summed E-state index contributed by atoms with van der Waals surface area (Å²) in [7, 11) is 0. The minimum Gasteiger partial charge on any atom is -0.393 e. The molecule has 7 atom stereocenters. The van der Waals surface area contributed by atoms with Gasteiger partial charge in [-0.25, -0.2) is 0 Å². The predicted octanol–water partition coefficient (Wildman–Crippen LogP) is 9.39. The van der Waals surface area contributed by atoms with Crippen molar-refractivity contribution in [3.05, 3.63) is 107 Å². The zero-order valence-electron chi connectivity index (χ0n) is 28.6. The first kappa shape index (κ1) is 36.7. The molecule has 238 valence electrons. The standard InChI is InChI=1S/C40H60O3/c1-28(17-13-19-30(3)21-23-34-32(5)36(41)25-26-39(34,7)8)15-11-12-16-29(2)18-14-20-31(4)22-24-35-33(6)38(43)37(42)27-40(35,9)10/h11-24,32-38,41-43H,25-27H2,1-10H3. The summed E-state index contributed by atoms with van der Waals surface area (Å²) < 4.78 is 0. The molecule has 3 N–H and O–H groups in total. The number of rotatable bonds is 10. The summed E-state index contributed by atoms with van der Waals surface area (Å²) in [5.74, 6) is 0.902. The molecule has 0 aliphatic heterocycles. The van der Waals surface area contributed by atoms with E-state index in [1.807, 2.05) is 6.92 Å². The summed E-state index contributed by atoms with van der Waals surface area (Å²) in [6.07, 6.45) is 30.8. The summed E-state index contributed by atoms with van der Waals surface area (Å²) >= 11 is 0. The van der Waals surface area contributed by atoms with Crippen LogP contribution in [0, 0.1) is 34.5 Å². The SMILES string of the molecule is CC(C=CC=C(C)C=CC1C(C)C(O)CCC1(C)C)=CC=CC=C(C)C=CC=C(C)C=CC1C(C)C(O)C(O)CC1(C)C. The average molecular weight is 589 g/mol. The van der Waals surface area contributed by atoms with Crippen LogP contribution < -0.4 is 0 Å². The Morgan fingerprint density at radius 2 is 0.977 bits per heavy atom. The smallest absolute Gasteiger partial charge is 0.0830 e. The number of aliphatic hydroxyl groups is 3. The van der Waals surface area contributed by atoms with Gasteiger partial charge in [0.05, 0.1) is 18.3 Å². The highest BCUT2D eigenvalue weighted by atomic mass is 16.3. The lowest BCUT2D eigenvalue weighted by Gasteiger charge is -2.46. The molecule has 2 fully saturated rings. The molecule has 3 nitrogen and oxygen atoms in total. The Bertz CT molecular complexity index is 1180. The Morgan fingerprint density at radius 3 is 1.47 bits per heavy atom. The summed E-state index contributed by atoms with van der Waals surface area (Å²) in [5.41, 5.74) is 4.87. The number of allylic oxidation sites excluding steroid dienone is 18. The lowest BCUT2D eigenvalue weighted by molar-refractivity contribution is -0.0969. The van der Waals surface area contributed by atoms with E-state index in [9.17, 15) is 15.3 Å². The van der Waals surface area contributed by atoms with Crippen LogP contribution >= 0.6 is 0 Å². The van der Waals surface area contributed by atoms with E-state index in [2.05, 4.69) is 147 Å². The van der Waals surface area contributed by atoms with Crippen LogP contribution in [0.2, 0.25) is 0 Å². The fourth-order valence-corrected chi connectivity index (χ4v) is 6.69. The van der Waals surface area contributed by atoms with Crippen molar-refractivity contribution in [2.45, 2.75) is 107 Å². The molecule has 2 aliphatic carbocycles. The normalized spacial score (nSPS) is 33.2. The van der Waals surface area contributed by atoms with Gasteiger partial charge >= 0.3 is 0 Å². The second-order valence-electron chi connectivity index (χ2n) is 14.6. The van der Waals surface area contributed by atoms with Crippen molar-refractivity contribution < 1.29 is 15.3 Å². The molecule has 0 amide bonds. The molecule has 2 rings (SSSR count). The second-order valence-corrected chi connectivity index (χ2v) is 14.6. The van der Waals surface area contributed by atoms with Crippen molar-refractivity contribution in [2.75, 3.05) is 0 Å². The van der Waals surface area contributed by atoms with Gasteiger partial charge in [0.15, 0.2) is 0 Å². The lowest BCUT2D eigenvalue weighted by Crippen LogP contribution is -2.48. The zero-order chi connectivity index (χ0) is 32.4. The average Bonchev–Trinajstić information content (AvgIpc) is 2.91. The molecule has 2 aliphatic rings. The highest BCUT2D eigenvalue weighted by molar-refractivity contribution is 5.32. The number of hydrogen-bond acceptors (Lipinski definition) is 3. The van der Waals surface area contributed by atoms with Gasteiger partial charge in [0.1, 0.15) is 0 Å². The summed E-state index contributed by atoms with van der Waals surface area (Å²) in [6, 6.07) is 0. The molecule has 0 heterocycles. The van der Waals surface area contributed by atoms with E-state index in [1.54, 1.807) is 0 Å². The second kappa shape index (κ2) is 16.6. The molecule has 0 bridgehead atoms. The predicted molar refractivity (Wildman–Crippen MR) is 185 cm³/mol. The van der Waals surface area contributed by atoms with Gasteiger partial charge < -0.3 is 15.3 Å². The first-order valence-corrected chi connectivity index (χ1v) is 16.2. The van der Waals surface area contributed by atoms with Gasteiger partial charge in [-0.2, -0.15) is 0 Å². The van der Waals surface area contributed by atoms with Gasteiger partial charge in [-0.15, -0.1) is 0 Å². The Balaban J connectivity index is 1.89. The maximum absolute atomic E-state index is 10.3. The van der Waals surface area contributed by atoms with E-state index in [0.29, 0.717) is 12.3 Å². The van der Waals surface area contributed by atoms with Crippen molar-refractivity contribution in [1.82, 2.24) is 0 Å². The minimum absolute atomic E-state index is 0.0191. The third kappa shape index (κ3) is 11.5. The molecule has 43 heavy (non-hydrogen) atoms. The fraction of sp³-hybridized carbons (Fsp3) is 0.550. The van der Waals surface area contributed by atoms with Gasteiger partial charge in [-0.3, -0.25) is 0 Å². The largest absolute Gasteiger partial charge is 0.393 e. The molecule has 0 aromatic heterocycles. The van der Waals surface area contributed by atoms with E-state index >= 15 is 0 Å². The van der Waals surface area contributed by atoms with Crippen molar-refractivity contribution >= 4 is 0 Å². The quantitative estimate of drug-likeness (QED) is 0.223. The molecule has 3 heteroatoms. The molecule has 0 aromatic rings. The van der Waals surface area contributed by atoms with Crippen molar-refractivity contribution in [3.8, 4) is 0 Å². The monoisotopic (exact) mass is 588 g/mol. The Morgan fingerprint density at radius 1 is 0.558 bits per heavy atom. The van der Waals surface area contributed by atoms with Gasteiger partial charge in [0.2, 0.25) is 0 Å². The van der Waals surface area contributed by atoms with Gasteiger partial charge in [0.25, 0.3) is 0 Å². The highest BCUT2D eigenvalue weighted by Crippen LogP contribution is 2.46. The fourth-order valence-electron chi connectivity index (χ4n) is 6.69. The van der Waals surface area contributed by atoms with Crippen LogP contribution in [0.25, 0.3) is 0 Å². The van der Waals surface area contributed by atoms with Crippen molar-refractivity contribution in [3.63, 3.8) is 0 Å². The molecule has 0 spiro atoms. The summed E-state index contributed by atoms with van der Waals surface area (Å²) in [4.78, 5) is 0. The third-order valence-corrected chi connectivity index (χ3v) is 9.70. The van der Waals surface area contributed by atoms with Crippen molar-refractivity contribution in [2.24, 2.45) is 34.5 Å². The van der Waals surface area contributed by atoms with Gasteiger partial charge in [-0.05, 0) is 81.5 Å². The van der Waals surface area contributed by atoms with E-state index in [0.717, 1.165) is 18.4 Å². The summed E-state index contributed by atoms with van der Waals surface area (Å²) in [5, 5.41) is 30.8. The van der Waals surface area contributed by atoms with E-state index < -0.39 is 12.2 Å². The van der Waals surface area contributed by atoms with E-state index in [4.69, 9.17) is 0 Å². The van der Waals surface area contributed by atoms with E-state index in [1.165, 1.54) is 16.7 Å². The maximum Gasteiger partial charge on any atom is 0.0830 e. The highest BCUT2D eigenvalue weighted by Gasteiger charge is 2.44. The van der Waals surface area contributed by atoms with Gasteiger partial charge in [-0.1, -0.05) is 149 Å². The minimum atomic E-state index is -0.671.